The number of carbonyl (C=O) groups is 1. The highest BCUT2D eigenvalue weighted by atomic mass is 19.1. The number of nitrogens with one attached hydrogen (secondary N) is 2. The Kier molecular flexibility index (Phi) is 4.20. The molecule has 0 fully saturated rings. The fraction of sp³-hybridized carbons (Fsp3) is 0. The van der Waals surface area contributed by atoms with Gasteiger partial charge in [-0.05, 0) is 29.8 Å². The second kappa shape index (κ2) is 6.45. The predicted octanol–water partition coefficient (Wildman–Crippen LogP) is 3.57. The molecule has 1 heterocycles. The first-order valence-electron chi connectivity index (χ1n) is 7.10. The number of carbonyl (C=O) groups excluding carboxylic acids is 1. The maximum absolute atomic E-state index is 13.6. The van der Waals surface area contributed by atoms with Crippen LogP contribution < -0.4 is 10.9 Å². The lowest BCUT2D eigenvalue weighted by atomic mass is 10.1. The van der Waals surface area contributed by atoms with E-state index in [0.29, 0.717) is 5.69 Å². The van der Waals surface area contributed by atoms with Crippen LogP contribution in [-0.4, -0.2) is 10.9 Å². The molecular formula is C18H12F2N2O2. The minimum absolute atomic E-state index is 0.239. The van der Waals surface area contributed by atoms with E-state index in [1.165, 1.54) is 12.1 Å². The van der Waals surface area contributed by atoms with Gasteiger partial charge in [-0.2, -0.15) is 0 Å². The van der Waals surface area contributed by atoms with Crippen LogP contribution in [0.2, 0.25) is 0 Å². The summed E-state index contributed by atoms with van der Waals surface area (Å²) < 4.78 is 27.1. The lowest BCUT2D eigenvalue weighted by Gasteiger charge is -2.08. The van der Waals surface area contributed by atoms with Crippen LogP contribution in [0.15, 0.2) is 65.5 Å². The molecule has 4 nitrogen and oxygen atoms in total. The molecule has 0 saturated carbocycles. The average molecular weight is 326 g/mol. The van der Waals surface area contributed by atoms with Gasteiger partial charge in [0.15, 0.2) is 0 Å². The van der Waals surface area contributed by atoms with Crippen LogP contribution >= 0.6 is 0 Å². The van der Waals surface area contributed by atoms with Crippen molar-refractivity contribution in [2.75, 3.05) is 5.32 Å². The van der Waals surface area contributed by atoms with Gasteiger partial charge < -0.3 is 10.3 Å². The van der Waals surface area contributed by atoms with Gasteiger partial charge in [0.1, 0.15) is 22.9 Å². The molecule has 0 atom stereocenters. The van der Waals surface area contributed by atoms with E-state index < -0.39 is 28.8 Å². The molecule has 1 aromatic heterocycles. The zero-order chi connectivity index (χ0) is 17.1. The molecule has 1 amide bonds. The van der Waals surface area contributed by atoms with Gasteiger partial charge in [-0.3, -0.25) is 9.59 Å². The van der Waals surface area contributed by atoms with Crippen LogP contribution in [0.4, 0.5) is 14.5 Å². The van der Waals surface area contributed by atoms with Gasteiger partial charge >= 0.3 is 0 Å². The van der Waals surface area contributed by atoms with Crippen LogP contribution in [0.25, 0.3) is 11.3 Å². The molecular weight excluding hydrogens is 314 g/mol. The van der Waals surface area contributed by atoms with E-state index in [2.05, 4.69) is 10.3 Å². The minimum atomic E-state index is -0.916. The number of benzene rings is 2. The molecule has 0 saturated heterocycles. The molecule has 2 aromatic carbocycles. The van der Waals surface area contributed by atoms with E-state index in [4.69, 9.17) is 0 Å². The van der Waals surface area contributed by atoms with Gasteiger partial charge in [-0.15, -0.1) is 0 Å². The first-order chi connectivity index (χ1) is 11.6. The summed E-state index contributed by atoms with van der Waals surface area (Å²) in [6.45, 7) is 0. The molecule has 0 radical (unpaired) electrons. The molecule has 0 aliphatic rings. The molecule has 3 aromatic rings. The number of aromatic nitrogens is 1. The van der Waals surface area contributed by atoms with E-state index in [-0.39, 0.29) is 5.56 Å². The van der Waals surface area contributed by atoms with Crippen LogP contribution in [0.1, 0.15) is 10.4 Å². The summed E-state index contributed by atoms with van der Waals surface area (Å²) in [5.41, 5.74) is -0.159. The van der Waals surface area contributed by atoms with Crippen molar-refractivity contribution in [3.8, 4) is 11.3 Å². The van der Waals surface area contributed by atoms with Crippen molar-refractivity contribution in [2.24, 2.45) is 0 Å². The monoisotopic (exact) mass is 326 g/mol. The zero-order valence-corrected chi connectivity index (χ0v) is 12.3. The summed E-state index contributed by atoms with van der Waals surface area (Å²) in [4.78, 5) is 26.8. The summed E-state index contributed by atoms with van der Waals surface area (Å²) in [5.74, 6) is -2.72. The molecule has 6 heteroatoms. The molecule has 0 spiro atoms. The largest absolute Gasteiger partial charge is 0.321 e. The van der Waals surface area contributed by atoms with Crippen LogP contribution in [0, 0.1) is 11.6 Å². The normalized spacial score (nSPS) is 10.4. The summed E-state index contributed by atoms with van der Waals surface area (Å²) >= 11 is 0. The summed E-state index contributed by atoms with van der Waals surface area (Å²) in [6.07, 6.45) is 0. The highest BCUT2D eigenvalue weighted by Crippen LogP contribution is 2.19. The Balaban J connectivity index is 1.90. The third kappa shape index (κ3) is 3.08. The maximum atomic E-state index is 13.6. The number of hydrogen-bond acceptors (Lipinski definition) is 2. The fourth-order valence-electron chi connectivity index (χ4n) is 2.24. The Labute approximate surface area is 135 Å². The molecule has 3 rings (SSSR count). The third-order valence-corrected chi connectivity index (χ3v) is 3.44. The fourth-order valence-corrected chi connectivity index (χ4v) is 2.24. The SMILES string of the molecule is O=C(Nc1c(F)cccc1F)c1ccc(-c2ccccc2)[nH]c1=O. The number of amides is 1. The van der Waals surface area contributed by atoms with Crippen molar-refractivity contribution < 1.29 is 13.6 Å². The van der Waals surface area contributed by atoms with Crippen molar-refractivity contribution in [3.63, 3.8) is 0 Å². The Morgan fingerprint density at radius 2 is 1.54 bits per heavy atom. The first-order valence-corrected chi connectivity index (χ1v) is 7.10. The van der Waals surface area contributed by atoms with E-state index in [1.54, 1.807) is 18.2 Å². The van der Waals surface area contributed by atoms with Gasteiger partial charge in [0.05, 0.1) is 0 Å². The molecule has 24 heavy (non-hydrogen) atoms. The Hall–Kier alpha value is -3.28. The van der Waals surface area contributed by atoms with Crippen molar-refractivity contribution in [1.29, 1.82) is 0 Å². The Morgan fingerprint density at radius 3 is 2.17 bits per heavy atom. The second-order valence-electron chi connectivity index (χ2n) is 5.03. The Morgan fingerprint density at radius 1 is 0.875 bits per heavy atom. The highest BCUT2D eigenvalue weighted by molar-refractivity contribution is 6.04. The van der Waals surface area contributed by atoms with Gasteiger partial charge in [0, 0.05) is 5.69 Å². The van der Waals surface area contributed by atoms with Crippen molar-refractivity contribution >= 4 is 11.6 Å². The van der Waals surface area contributed by atoms with Crippen LogP contribution in [-0.2, 0) is 0 Å². The van der Waals surface area contributed by atoms with Crippen molar-refractivity contribution in [2.45, 2.75) is 0 Å². The number of hydrogen-bond donors (Lipinski definition) is 2. The van der Waals surface area contributed by atoms with Gasteiger partial charge in [0.2, 0.25) is 0 Å². The number of para-hydroxylation sites is 1. The molecule has 0 bridgehead atoms. The van der Waals surface area contributed by atoms with Crippen LogP contribution in [0.5, 0.6) is 0 Å². The van der Waals surface area contributed by atoms with Crippen molar-refractivity contribution in [1.82, 2.24) is 4.98 Å². The van der Waals surface area contributed by atoms with Gasteiger partial charge in [0.25, 0.3) is 11.5 Å². The van der Waals surface area contributed by atoms with E-state index >= 15 is 0 Å². The van der Waals surface area contributed by atoms with E-state index in [0.717, 1.165) is 17.7 Å². The summed E-state index contributed by atoms with van der Waals surface area (Å²) in [7, 11) is 0. The maximum Gasteiger partial charge on any atom is 0.261 e. The minimum Gasteiger partial charge on any atom is -0.321 e. The van der Waals surface area contributed by atoms with Crippen LogP contribution in [0.3, 0.4) is 0 Å². The number of pyridine rings is 1. The smallest absolute Gasteiger partial charge is 0.261 e. The molecule has 120 valence electrons. The third-order valence-electron chi connectivity index (χ3n) is 3.44. The standard InChI is InChI=1S/C18H12F2N2O2/c19-13-7-4-8-14(20)16(13)22-18(24)12-9-10-15(21-17(12)23)11-5-2-1-3-6-11/h1-10H,(H,21,23)(H,22,24). The Bertz CT molecular complexity index is 932. The number of halogens is 2. The quantitative estimate of drug-likeness (QED) is 0.773. The number of aromatic amines is 1. The number of rotatable bonds is 3. The highest BCUT2D eigenvalue weighted by Gasteiger charge is 2.16. The zero-order valence-electron chi connectivity index (χ0n) is 12.3. The van der Waals surface area contributed by atoms with E-state index in [9.17, 15) is 18.4 Å². The lowest BCUT2D eigenvalue weighted by Crippen LogP contribution is -2.24. The van der Waals surface area contributed by atoms with Gasteiger partial charge in [-0.25, -0.2) is 8.78 Å². The topological polar surface area (TPSA) is 62.0 Å². The number of anilines is 1. The summed E-state index contributed by atoms with van der Waals surface area (Å²) in [6, 6.07) is 15.2. The first kappa shape index (κ1) is 15.6. The molecule has 0 aliphatic heterocycles. The van der Waals surface area contributed by atoms with Gasteiger partial charge in [-0.1, -0.05) is 36.4 Å². The van der Waals surface area contributed by atoms with E-state index in [1.807, 2.05) is 18.2 Å². The second-order valence-corrected chi connectivity index (χ2v) is 5.03. The molecule has 0 aliphatic carbocycles. The predicted molar refractivity (Wildman–Crippen MR) is 86.8 cm³/mol. The number of H-pyrrole nitrogens is 1. The molecule has 0 unspecified atom stereocenters. The lowest BCUT2D eigenvalue weighted by molar-refractivity contribution is 0.102. The molecule has 2 N–H and O–H groups in total. The van der Waals surface area contributed by atoms with Crippen molar-refractivity contribution in [3.05, 3.63) is 88.2 Å². The average Bonchev–Trinajstić information content (AvgIpc) is 2.59. The summed E-state index contributed by atoms with van der Waals surface area (Å²) in [5, 5.41) is 2.09.